The maximum atomic E-state index is 12.3. The molecule has 0 atom stereocenters. The number of benzene rings is 2. The van der Waals surface area contributed by atoms with Crippen molar-refractivity contribution < 1.29 is 19.1 Å². The molecule has 4 nitrogen and oxygen atoms in total. The first kappa shape index (κ1) is 16.0. The zero-order valence-electron chi connectivity index (χ0n) is 12.5. The van der Waals surface area contributed by atoms with Crippen molar-refractivity contribution in [3.05, 3.63) is 58.1 Å². The molecule has 0 radical (unpaired) electrons. The number of aryl methyl sites for hydroxylation is 1. The normalized spacial score (nSPS) is 10.2. The summed E-state index contributed by atoms with van der Waals surface area (Å²) in [6.07, 6.45) is 0. The van der Waals surface area contributed by atoms with Gasteiger partial charge in [0.1, 0.15) is 0 Å². The van der Waals surface area contributed by atoms with E-state index < -0.39 is 11.6 Å². The molecule has 114 valence electrons. The van der Waals surface area contributed by atoms with Gasteiger partial charge in [-0.3, -0.25) is 9.59 Å². The van der Waals surface area contributed by atoms with E-state index in [4.69, 9.17) is 21.1 Å². The molecule has 0 fully saturated rings. The first-order valence-corrected chi connectivity index (χ1v) is 6.93. The summed E-state index contributed by atoms with van der Waals surface area (Å²) in [5.74, 6) is -0.431. The summed E-state index contributed by atoms with van der Waals surface area (Å²) in [6.45, 7) is 1.86. The van der Waals surface area contributed by atoms with Crippen LogP contribution in [0.4, 0.5) is 0 Å². The van der Waals surface area contributed by atoms with Gasteiger partial charge in [0.05, 0.1) is 19.2 Å². The molecular formula is C17H15ClO4. The SMILES string of the molecule is COc1ccc(C(=O)C(=O)c2ccc(C)cc2Cl)cc1OC. The van der Waals surface area contributed by atoms with Crippen molar-refractivity contribution in [1.29, 1.82) is 0 Å². The molecule has 0 N–H and O–H groups in total. The number of ether oxygens (including phenoxy) is 2. The summed E-state index contributed by atoms with van der Waals surface area (Å²) in [4.78, 5) is 24.7. The maximum Gasteiger partial charge on any atom is 0.235 e. The van der Waals surface area contributed by atoms with Crippen LogP contribution in [-0.2, 0) is 0 Å². The van der Waals surface area contributed by atoms with Crippen molar-refractivity contribution >= 4 is 23.2 Å². The Balaban J connectivity index is 2.37. The Labute approximate surface area is 133 Å². The van der Waals surface area contributed by atoms with Crippen LogP contribution in [0.5, 0.6) is 11.5 Å². The van der Waals surface area contributed by atoms with Crippen molar-refractivity contribution in [2.45, 2.75) is 6.92 Å². The van der Waals surface area contributed by atoms with Gasteiger partial charge in [-0.25, -0.2) is 0 Å². The zero-order valence-corrected chi connectivity index (χ0v) is 13.2. The fourth-order valence-corrected chi connectivity index (χ4v) is 2.36. The second-order valence-electron chi connectivity index (χ2n) is 4.71. The van der Waals surface area contributed by atoms with Gasteiger partial charge >= 0.3 is 0 Å². The van der Waals surface area contributed by atoms with E-state index in [-0.39, 0.29) is 16.1 Å². The van der Waals surface area contributed by atoms with E-state index in [0.29, 0.717) is 11.5 Å². The largest absolute Gasteiger partial charge is 0.493 e. The average Bonchev–Trinajstić information content (AvgIpc) is 2.52. The number of hydrogen-bond donors (Lipinski definition) is 0. The van der Waals surface area contributed by atoms with Gasteiger partial charge in [0.15, 0.2) is 11.5 Å². The highest BCUT2D eigenvalue weighted by Gasteiger charge is 2.22. The lowest BCUT2D eigenvalue weighted by atomic mass is 10.0. The Hall–Kier alpha value is -2.33. The topological polar surface area (TPSA) is 52.6 Å². The summed E-state index contributed by atoms with van der Waals surface area (Å²) in [7, 11) is 2.96. The predicted molar refractivity (Wildman–Crippen MR) is 84.4 cm³/mol. The number of carbonyl (C=O) groups is 2. The summed E-state index contributed by atoms with van der Waals surface area (Å²) in [6, 6.07) is 9.51. The van der Waals surface area contributed by atoms with Gasteiger partial charge in [-0.1, -0.05) is 17.7 Å². The van der Waals surface area contributed by atoms with E-state index in [1.165, 1.54) is 26.4 Å². The molecule has 0 bridgehead atoms. The van der Waals surface area contributed by atoms with Crippen LogP contribution in [0.15, 0.2) is 36.4 Å². The zero-order chi connectivity index (χ0) is 16.3. The molecule has 2 aromatic carbocycles. The number of rotatable bonds is 5. The Morgan fingerprint density at radius 2 is 1.59 bits per heavy atom. The number of Topliss-reactive ketones (excluding diaryl/α,β-unsaturated/α-hetero) is 2. The molecule has 22 heavy (non-hydrogen) atoms. The van der Waals surface area contributed by atoms with Gasteiger partial charge in [-0.2, -0.15) is 0 Å². The lowest BCUT2D eigenvalue weighted by Crippen LogP contribution is -2.15. The molecule has 0 aliphatic rings. The molecule has 0 unspecified atom stereocenters. The van der Waals surface area contributed by atoms with Gasteiger partial charge in [-0.15, -0.1) is 0 Å². The molecule has 2 aromatic rings. The number of halogens is 1. The van der Waals surface area contributed by atoms with Crippen molar-refractivity contribution in [2.24, 2.45) is 0 Å². The van der Waals surface area contributed by atoms with Crippen LogP contribution in [0, 0.1) is 6.92 Å². The minimum Gasteiger partial charge on any atom is -0.493 e. The average molecular weight is 319 g/mol. The Morgan fingerprint density at radius 3 is 2.18 bits per heavy atom. The highest BCUT2D eigenvalue weighted by atomic mass is 35.5. The molecule has 0 heterocycles. The van der Waals surface area contributed by atoms with Crippen molar-refractivity contribution in [1.82, 2.24) is 0 Å². The molecule has 0 spiro atoms. The standard InChI is InChI=1S/C17H15ClO4/c1-10-4-6-12(13(18)8-10)17(20)16(19)11-5-7-14(21-2)15(9-11)22-3/h4-9H,1-3H3. The molecule has 5 heteroatoms. The number of methoxy groups -OCH3 is 2. The summed E-state index contributed by atoms with van der Waals surface area (Å²) >= 11 is 6.04. The van der Waals surface area contributed by atoms with Crippen molar-refractivity contribution in [3.8, 4) is 11.5 Å². The summed E-state index contributed by atoms with van der Waals surface area (Å²) in [5.41, 5.74) is 1.33. The first-order valence-electron chi connectivity index (χ1n) is 6.55. The molecule has 2 rings (SSSR count). The quantitative estimate of drug-likeness (QED) is 0.622. The van der Waals surface area contributed by atoms with E-state index in [2.05, 4.69) is 0 Å². The van der Waals surface area contributed by atoms with E-state index in [0.717, 1.165) is 5.56 Å². The molecule has 0 aliphatic carbocycles. The molecule has 0 aromatic heterocycles. The highest BCUT2D eigenvalue weighted by molar-refractivity contribution is 6.52. The second kappa shape index (κ2) is 6.62. The van der Waals surface area contributed by atoms with Crippen LogP contribution in [0.25, 0.3) is 0 Å². The third-order valence-electron chi connectivity index (χ3n) is 3.22. The van der Waals surface area contributed by atoms with Crippen molar-refractivity contribution in [3.63, 3.8) is 0 Å². The summed E-state index contributed by atoms with van der Waals surface area (Å²) < 4.78 is 10.2. The van der Waals surface area contributed by atoms with Gasteiger partial charge < -0.3 is 9.47 Å². The van der Waals surface area contributed by atoms with Crippen LogP contribution in [0.3, 0.4) is 0 Å². The molecule has 0 saturated heterocycles. The smallest absolute Gasteiger partial charge is 0.235 e. The van der Waals surface area contributed by atoms with Gasteiger partial charge in [0.25, 0.3) is 0 Å². The van der Waals surface area contributed by atoms with Crippen LogP contribution in [0.1, 0.15) is 26.3 Å². The third-order valence-corrected chi connectivity index (χ3v) is 3.53. The molecule has 0 saturated carbocycles. The minimum absolute atomic E-state index is 0.187. The number of carbonyl (C=O) groups excluding carboxylic acids is 2. The second-order valence-corrected chi connectivity index (χ2v) is 5.12. The van der Waals surface area contributed by atoms with Gasteiger partial charge in [0, 0.05) is 11.1 Å². The Kier molecular flexibility index (Phi) is 4.83. The monoisotopic (exact) mass is 318 g/mol. The number of hydrogen-bond acceptors (Lipinski definition) is 4. The molecular weight excluding hydrogens is 304 g/mol. The Bertz CT molecular complexity index is 737. The van der Waals surface area contributed by atoms with E-state index in [9.17, 15) is 9.59 Å². The Morgan fingerprint density at radius 1 is 0.909 bits per heavy atom. The van der Waals surface area contributed by atoms with E-state index in [1.807, 2.05) is 6.92 Å². The van der Waals surface area contributed by atoms with Crippen molar-refractivity contribution in [2.75, 3.05) is 14.2 Å². The van der Waals surface area contributed by atoms with Crippen LogP contribution in [0.2, 0.25) is 5.02 Å². The van der Waals surface area contributed by atoms with Crippen LogP contribution < -0.4 is 9.47 Å². The lowest BCUT2D eigenvalue weighted by Gasteiger charge is -2.09. The van der Waals surface area contributed by atoms with E-state index >= 15 is 0 Å². The van der Waals surface area contributed by atoms with Crippen LogP contribution >= 0.6 is 11.6 Å². The van der Waals surface area contributed by atoms with Gasteiger partial charge in [-0.05, 0) is 42.8 Å². The maximum absolute atomic E-state index is 12.3. The minimum atomic E-state index is -0.655. The lowest BCUT2D eigenvalue weighted by molar-refractivity contribution is 0.0817. The molecule has 0 amide bonds. The van der Waals surface area contributed by atoms with Gasteiger partial charge in [0.2, 0.25) is 11.6 Å². The number of ketones is 2. The third kappa shape index (κ3) is 3.12. The van der Waals surface area contributed by atoms with E-state index in [1.54, 1.807) is 24.3 Å². The first-order chi connectivity index (χ1) is 10.5. The highest BCUT2D eigenvalue weighted by Crippen LogP contribution is 2.28. The summed E-state index contributed by atoms with van der Waals surface area (Å²) in [5, 5.41) is 0.263. The predicted octanol–water partition coefficient (Wildman–Crippen LogP) is 3.73. The fourth-order valence-electron chi connectivity index (χ4n) is 2.04. The fraction of sp³-hybridized carbons (Fsp3) is 0.176. The van der Waals surface area contributed by atoms with Crippen LogP contribution in [-0.4, -0.2) is 25.8 Å². The molecule has 0 aliphatic heterocycles.